The number of allylic oxidation sites excluding steroid dienone is 1. The Morgan fingerprint density at radius 2 is 1.74 bits per heavy atom. The summed E-state index contributed by atoms with van der Waals surface area (Å²) in [6, 6.07) is 3.70. The van der Waals surface area contributed by atoms with Crippen molar-refractivity contribution in [2.24, 2.45) is 0 Å². The Balaban J connectivity index is 2.06. The summed E-state index contributed by atoms with van der Waals surface area (Å²) in [5, 5.41) is 0. The van der Waals surface area contributed by atoms with Crippen LogP contribution in [0.1, 0.15) is 48.8 Å². The first-order valence-electron chi connectivity index (χ1n) is 8.07. The summed E-state index contributed by atoms with van der Waals surface area (Å²) in [5.41, 5.74) is 2.00. The van der Waals surface area contributed by atoms with Gasteiger partial charge in [-0.15, -0.1) is 0 Å². The third-order valence-electron chi connectivity index (χ3n) is 4.75. The van der Waals surface area contributed by atoms with Gasteiger partial charge in [0.2, 0.25) is 0 Å². The van der Waals surface area contributed by atoms with Gasteiger partial charge in [-0.1, -0.05) is 11.6 Å². The molecule has 1 aliphatic heterocycles. The topological polar surface area (TPSA) is 20.3 Å². The number of carbonyl (C=O) groups excluding carboxylic acids is 1. The number of likely N-dealkylation sites (tertiary alicyclic amines) is 1. The molecule has 1 amide bonds. The molecule has 23 heavy (non-hydrogen) atoms. The summed E-state index contributed by atoms with van der Waals surface area (Å²) >= 11 is 0. The molecule has 0 unspecified atom stereocenters. The summed E-state index contributed by atoms with van der Waals surface area (Å²) in [4.78, 5) is 14.7. The van der Waals surface area contributed by atoms with Gasteiger partial charge < -0.3 is 4.90 Å². The molecule has 0 radical (unpaired) electrons. The van der Waals surface area contributed by atoms with Crippen molar-refractivity contribution in [1.29, 1.82) is 0 Å². The molecule has 1 saturated carbocycles. The summed E-state index contributed by atoms with van der Waals surface area (Å²) in [6.07, 6.45) is 0.166. The maximum Gasteiger partial charge on any atom is 0.416 e. The van der Waals surface area contributed by atoms with E-state index in [1.165, 1.54) is 6.07 Å². The van der Waals surface area contributed by atoms with Gasteiger partial charge >= 0.3 is 6.18 Å². The molecule has 1 heterocycles. The van der Waals surface area contributed by atoms with E-state index in [4.69, 9.17) is 0 Å². The van der Waals surface area contributed by atoms with E-state index < -0.39 is 11.7 Å². The van der Waals surface area contributed by atoms with Gasteiger partial charge in [0.25, 0.3) is 5.91 Å². The molecule has 1 aliphatic carbocycles. The highest BCUT2D eigenvalue weighted by Crippen LogP contribution is 2.38. The lowest BCUT2D eigenvalue weighted by molar-refractivity contribution is -0.137. The Bertz CT molecular complexity index is 649. The molecule has 1 aromatic carbocycles. The van der Waals surface area contributed by atoms with Crippen molar-refractivity contribution in [2.45, 2.75) is 45.2 Å². The molecule has 0 N–H and O–H groups in total. The first kappa shape index (κ1) is 16.1. The second-order valence-corrected chi connectivity index (χ2v) is 6.36. The number of amides is 1. The lowest BCUT2D eigenvalue weighted by atomic mass is 9.83. The molecule has 0 aromatic heterocycles. The zero-order chi connectivity index (χ0) is 16.6. The number of hydrogen-bond acceptors (Lipinski definition) is 1. The predicted octanol–water partition coefficient (Wildman–Crippen LogP) is 4.57. The van der Waals surface area contributed by atoms with Crippen molar-refractivity contribution in [3.8, 4) is 0 Å². The van der Waals surface area contributed by atoms with Crippen LogP contribution in [0.15, 0.2) is 23.8 Å². The first-order chi connectivity index (χ1) is 10.9. The summed E-state index contributed by atoms with van der Waals surface area (Å²) < 4.78 is 39.2. The second kappa shape index (κ2) is 6.02. The van der Waals surface area contributed by atoms with Crippen LogP contribution in [0.5, 0.6) is 0 Å². The number of alkyl halides is 3. The second-order valence-electron chi connectivity index (χ2n) is 6.36. The number of hydrogen-bond donors (Lipinski definition) is 0. The molecular weight excluding hydrogens is 303 g/mol. The standard InChI is InChI=1S/C18H20F3NO/c1-12-7-8-14(18(19,20)21)11-15(12)16(13-5-4-6-13)17(23)22-9-2-3-10-22/h7-8,11H,2-6,9-10H2,1H3. The number of halogens is 3. The van der Waals surface area contributed by atoms with E-state index in [9.17, 15) is 18.0 Å². The van der Waals surface area contributed by atoms with E-state index in [0.29, 0.717) is 24.2 Å². The Kier molecular flexibility index (Phi) is 4.21. The van der Waals surface area contributed by atoms with Gasteiger partial charge in [0.1, 0.15) is 0 Å². The quantitative estimate of drug-likeness (QED) is 0.730. The van der Waals surface area contributed by atoms with Crippen LogP contribution in [0.3, 0.4) is 0 Å². The van der Waals surface area contributed by atoms with Crippen molar-refractivity contribution < 1.29 is 18.0 Å². The predicted molar refractivity (Wildman–Crippen MR) is 82.8 cm³/mol. The van der Waals surface area contributed by atoms with Gasteiger partial charge in [0, 0.05) is 18.7 Å². The van der Waals surface area contributed by atoms with Gasteiger partial charge in [0.15, 0.2) is 0 Å². The average Bonchev–Trinajstić information content (AvgIpc) is 2.95. The normalized spacial score (nSPS) is 18.1. The van der Waals surface area contributed by atoms with E-state index >= 15 is 0 Å². The fourth-order valence-corrected chi connectivity index (χ4v) is 3.21. The van der Waals surface area contributed by atoms with Gasteiger partial charge in [-0.25, -0.2) is 0 Å². The average molecular weight is 323 g/mol. The zero-order valence-corrected chi connectivity index (χ0v) is 13.2. The van der Waals surface area contributed by atoms with Gasteiger partial charge in [-0.05, 0) is 62.3 Å². The largest absolute Gasteiger partial charge is 0.416 e. The molecule has 2 nitrogen and oxygen atoms in total. The number of benzene rings is 1. The molecule has 2 aliphatic rings. The summed E-state index contributed by atoms with van der Waals surface area (Å²) in [7, 11) is 0. The van der Waals surface area contributed by atoms with E-state index in [0.717, 1.165) is 55.4 Å². The molecular formula is C18H20F3NO. The SMILES string of the molecule is Cc1ccc(C(F)(F)F)cc1C(C(=O)N1CCCC1)=C1CCC1. The number of nitrogens with zero attached hydrogens (tertiary/aromatic N) is 1. The first-order valence-corrected chi connectivity index (χ1v) is 8.07. The van der Waals surface area contributed by atoms with Crippen LogP contribution in [0, 0.1) is 6.92 Å². The highest BCUT2D eigenvalue weighted by atomic mass is 19.4. The minimum Gasteiger partial charge on any atom is -0.339 e. The van der Waals surface area contributed by atoms with Crippen molar-refractivity contribution in [3.63, 3.8) is 0 Å². The zero-order valence-electron chi connectivity index (χ0n) is 13.2. The van der Waals surface area contributed by atoms with Gasteiger partial charge in [-0.3, -0.25) is 4.79 Å². The molecule has 0 atom stereocenters. The van der Waals surface area contributed by atoms with E-state index in [1.807, 2.05) is 0 Å². The van der Waals surface area contributed by atoms with E-state index in [2.05, 4.69) is 0 Å². The van der Waals surface area contributed by atoms with Crippen LogP contribution in [-0.4, -0.2) is 23.9 Å². The highest BCUT2D eigenvalue weighted by molar-refractivity contribution is 6.21. The minimum atomic E-state index is -4.39. The van der Waals surface area contributed by atoms with Crippen molar-refractivity contribution in [1.82, 2.24) is 4.90 Å². The van der Waals surface area contributed by atoms with Crippen LogP contribution < -0.4 is 0 Å². The van der Waals surface area contributed by atoms with Crippen LogP contribution in [0.4, 0.5) is 13.2 Å². The Morgan fingerprint density at radius 1 is 1.09 bits per heavy atom. The van der Waals surface area contributed by atoms with Crippen molar-refractivity contribution in [2.75, 3.05) is 13.1 Å². The fourth-order valence-electron chi connectivity index (χ4n) is 3.21. The third-order valence-corrected chi connectivity index (χ3v) is 4.75. The van der Waals surface area contributed by atoms with Crippen molar-refractivity contribution >= 4 is 11.5 Å². The fraction of sp³-hybridized carbons (Fsp3) is 0.500. The molecule has 0 spiro atoms. The lowest BCUT2D eigenvalue weighted by Crippen LogP contribution is -2.30. The lowest BCUT2D eigenvalue weighted by Gasteiger charge is -2.26. The molecule has 1 saturated heterocycles. The molecule has 0 bridgehead atoms. The van der Waals surface area contributed by atoms with Crippen LogP contribution in [0.25, 0.3) is 5.57 Å². The molecule has 1 aromatic rings. The molecule has 5 heteroatoms. The Labute approximate surface area is 134 Å². The molecule has 3 rings (SSSR count). The van der Waals surface area contributed by atoms with Crippen LogP contribution in [0.2, 0.25) is 0 Å². The highest BCUT2D eigenvalue weighted by Gasteiger charge is 2.33. The maximum atomic E-state index is 13.1. The van der Waals surface area contributed by atoms with Crippen LogP contribution >= 0.6 is 0 Å². The van der Waals surface area contributed by atoms with Crippen LogP contribution in [-0.2, 0) is 11.0 Å². The Hall–Kier alpha value is -1.78. The van der Waals surface area contributed by atoms with E-state index in [-0.39, 0.29) is 5.91 Å². The Morgan fingerprint density at radius 3 is 2.26 bits per heavy atom. The summed E-state index contributed by atoms with van der Waals surface area (Å²) in [5.74, 6) is -0.0976. The van der Waals surface area contributed by atoms with Gasteiger partial charge in [0.05, 0.1) is 5.56 Å². The van der Waals surface area contributed by atoms with Gasteiger partial charge in [-0.2, -0.15) is 13.2 Å². The number of carbonyl (C=O) groups is 1. The smallest absolute Gasteiger partial charge is 0.339 e. The number of aryl methyl sites for hydroxylation is 1. The maximum absolute atomic E-state index is 13.1. The van der Waals surface area contributed by atoms with Crippen molar-refractivity contribution in [3.05, 3.63) is 40.5 Å². The molecule has 124 valence electrons. The number of rotatable bonds is 2. The van der Waals surface area contributed by atoms with E-state index in [1.54, 1.807) is 11.8 Å². The minimum absolute atomic E-state index is 0.0976. The molecule has 2 fully saturated rings. The third kappa shape index (κ3) is 3.14. The summed E-state index contributed by atoms with van der Waals surface area (Å²) in [6.45, 7) is 3.17. The monoisotopic (exact) mass is 323 g/mol.